The number of methoxy groups -OCH3 is 1. The van der Waals surface area contributed by atoms with Crippen molar-refractivity contribution in [1.29, 1.82) is 0 Å². The van der Waals surface area contributed by atoms with Crippen LogP contribution in [0.3, 0.4) is 0 Å². The minimum atomic E-state index is 0.491. The zero-order valence-electron chi connectivity index (χ0n) is 10.9. The van der Waals surface area contributed by atoms with Gasteiger partial charge in [0.15, 0.2) is 0 Å². The molecule has 96 valence electrons. The standard InChI is InChI=1S/C14H22ClNO/c1-11(2)14(10-16-7-8-17-3)12-5-4-6-13(15)9-12/h4-6,9,11,14,16H,7-8,10H2,1-3H3. The molecular formula is C14H22ClNO. The van der Waals surface area contributed by atoms with Gasteiger partial charge in [0, 0.05) is 25.2 Å². The molecule has 0 spiro atoms. The van der Waals surface area contributed by atoms with Crippen molar-refractivity contribution in [3.05, 3.63) is 34.9 Å². The smallest absolute Gasteiger partial charge is 0.0587 e. The first-order chi connectivity index (χ1) is 8.15. The first-order valence-corrected chi connectivity index (χ1v) is 6.48. The monoisotopic (exact) mass is 255 g/mol. The Labute approximate surface area is 109 Å². The van der Waals surface area contributed by atoms with Crippen LogP contribution in [-0.4, -0.2) is 26.8 Å². The zero-order chi connectivity index (χ0) is 12.7. The lowest BCUT2D eigenvalue weighted by Crippen LogP contribution is -2.27. The molecule has 0 saturated carbocycles. The fraction of sp³-hybridized carbons (Fsp3) is 0.571. The van der Waals surface area contributed by atoms with Crippen LogP contribution < -0.4 is 5.32 Å². The van der Waals surface area contributed by atoms with Crippen molar-refractivity contribution in [3.8, 4) is 0 Å². The van der Waals surface area contributed by atoms with E-state index in [0.717, 1.165) is 24.7 Å². The summed E-state index contributed by atoms with van der Waals surface area (Å²) in [6, 6.07) is 8.14. The van der Waals surface area contributed by atoms with E-state index in [2.05, 4.69) is 31.3 Å². The maximum absolute atomic E-state index is 6.04. The van der Waals surface area contributed by atoms with Gasteiger partial charge in [0.2, 0.25) is 0 Å². The molecule has 1 N–H and O–H groups in total. The van der Waals surface area contributed by atoms with Gasteiger partial charge in [-0.3, -0.25) is 0 Å². The fourth-order valence-electron chi connectivity index (χ4n) is 1.91. The summed E-state index contributed by atoms with van der Waals surface area (Å²) in [4.78, 5) is 0. The number of hydrogen-bond acceptors (Lipinski definition) is 2. The van der Waals surface area contributed by atoms with Crippen LogP contribution in [0.5, 0.6) is 0 Å². The van der Waals surface area contributed by atoms with Crippen LogP contribution in [0.2, 0.25) is 5.02 Å². The molecule has 1 unspecified atom stereocenters. The molecule has 0 aliphatic rings. The van der Waals surface area contributed by atoms with E-state index in [4.69, 9.17) is 16.3 Å². The maximum atomic E-state index is 6.04. The Morgan fingerprint density at radius 3 is 2.71 bits per heavy atom. The fourth-order valence-corrected chi connectivity index (χ4v) is 2.11. The Morgan fingerprint density at radius 2 is 2.12 bits per heavy atom. The molecule has 0 fully saturated rings. The van der Waals surface area contributed by atoms with Crippen LogP contribution >= 0.6 is 11.6 Å². The molecule has 1 aromatic carbocycles. The first-order valence-electron chi connectivity index (χ1n) is 6.10. The second kappa shape index (κ2) is 7.70. The van der Waals surface area contributed by atoms with Crippen LogP contribution in [0, 0.1) is 5.92 Å². The van der Waals surface area contributed by atoms with E-state index in [0.29, 0.717) is 11.8 Å². The Bertz CT molecular complexity index is 328. The van der Waals surface area contributed by atoms with Crippen molar-refractivity contribution in [2.45, 2.75) is 19.8 Å². The predicted octanol–water partition coefficient (Wildman–Crippen LogP) is 3.32. The van der Waals surface area contributed by atoms with E-state index < -0.39 is 0 Å². The summed E-state index contributed by atoms with van der Waals surface area (Å²) < 4.78 is 5.03. The second-order valence-corrected chi connectivity index (χ2v) is 5.04. The summed E-state index contributed by atoms with van der Waals surface area (Å²) in [5.41, 5.74) is 1.30. The average Bonchev–Trinajstić information content (AvgIpc) is 2.28. The molecule has 3 heteroatoms. The molecule has 0 heterocycles. The summed E-state index contributed by atoms with van der Waals surface area (Å²) in [7, 11) is 1.72. The molecule has 0 bridgehead atoms. The van der Waals surface area contributed by atoms with Crippen molar-refractivity contribution in [2.24, 2.45) is 5.92 Å². The van der Waals surface area contributed by atoms with Gasteiger partial charge in [-0.1, -0.05) is 37.6 Å². The molecule has 0 aliphatic carbocycles. The van der Waals surface area contributed by atoms with Crippen LogP contribution in [-0.2, 0) is 4.74 Å². The number of halogens is 1. The van der Waals surface area contributed by atoms with Crippen LogP contribution in [0.15, 0.2) is 24.3 Å². The Hall–Kier alpha value is -0.570. The molecule has 0 radical (unpaired) electrons. The third-order valence-electron chi connectivity index (χ3n) is 2.93. The van der Waals surface area contributed by atoms with Crippen molar-refractivity contribution >= 4 is 11.6 Å². The van der Waals surface area contributed by atoms with Crippen LogP contribution in [0.1, 0.15) is 25.3 Å². The van der Waals surface area contributed by atoms with Crippen LogP contribution in [0.25, 0.3) is 0 Å². The molecule has 0 amide bonds. The number of ether oxygens (including phenoxy) is 1. The van der Waals surface area contributed by atoms with Gasteiger partial charge in [0.1, 0.15) is 0 Å². The molecular weight excluding hydrogens is 234 g/mol. The van der Waals surface area contributed by atoms with Crippen molar-refractivity contribution in [1.82, 2.24) is 5.32 Å². The third kappa shape index (κ3) is 5.07. The van der Waals surface area contributed by atoms with Gasteiger partial charge in [-0.05, 0) is 29.5 Å². The first kappa shape index (κ1) is 14.5. The van der Waals surface area contributed by atoms with E-state index >= 15 is 0 Å². The van der Waals surface area contributed by atoms with Gasteiger partial charge in [-0.15, -0.1) is 0 Å². The average molecular weight is 256 g/mol. The molecule has 2 nitrogen and oxygen atoms in total. The highest BCUT2D eigenvalue weighted by Gasteiger charge is 2.15. The molecule has 17 heavy (non-hydrogen) atoms. The van der Waals surface area contributed by atoms with Gasteiger partial charge >= 0.3 is 0 Å². The summed E-state index contributed by atoms with van der Waals surface area (Å²) in [5.74, 6) is 1.08. The highest BCUT2D eigenvalue weighted by Crippen LogP contribution is 2.25. The van der Waals surface area contributed by atoms with Gasteiger partial charge in [0.25, 0.3) is 0 Å². The lowest BCUT2D eigenvalue weighted by atomic mass is 9.88. The maximum Gasteiger partial charge on any atom is 0.0587 e. The predicted molar refractivity (Wildman–Crippen MR) is 73.8 cm³/mol. The minimum absolute atomic E-state index is 0.491. The normalized spacial score (nSPS) is 13.0. The molecule has 0 saturated heterocycles. The van der Waals surface area contributed by atoms with E-state index in [1.54, 1.807) is 7.11 Å². The topological polar surface area (TPSA) is 21.3 Å². The van der Waals surface area contributed by atoms with Crippen LogP contribution in [0.4, 0.5) is 0 Å². The number of hydrogen-bond donors (Lipinski definition) is 1. The van der Waals surface area contributed by atoms with Gasteiger partial charge in [0.05, 0.1) is 6.61 Å². The van der Waals surface area contributed by atoms with Crippen molar-refractivity contribution in [3.63, 3.8) is 0 Å². The van der Waals surface area contributed by atoms with Crippen molar-refractivity contribution < 1.29 is 4.74 Å². The molecule has 1 atom stereocenters. The largest absolute Gasteiger partial charge is 0.383 e. The molecule has 0 aliphatic heterocycles. The van der Waals surface area contributed by atoms with E-state index in [-0.39, 0.29) is 0 Å². The highest BCUT2D eigenvalue weighted by molar-refractivity contribution is 6.30. The lowest BCUT2D eigenvalue weighted by Gasteiger charge is -2.22. The number of rotatable bonds is 7. The Kier molecular flexibility index (Phi) is 6.56. The number of benzene rings is 1. The summed E-state index contributed by atoms with van der Waals surface area (Å²) in [5, 5.41) is 4.23. The third-order valence-corrected chi connectivity index (χ3v) is 3.16. The zero-order valence-corrected chi connectivity index (χ0v) is 11.6. The van der Waals surface area contributed by atoms with Gasteiger partial charge in [-0.2, -0.15) is 0 Å². The Morgan fingerprint density at radius 1 is 1.35 bits per heavy atom. The molecule has 1 rings (SSSR count). The van der Waals surface area contributed by atoms with E-state index in [1.165, 1.54) is 5.56 Å². The molecule has 0 aromatic heterocycles. The SMILES string of the molecule is COCCNCC(c1cccc(Cl)c1)C(C)C. The number of nitrogens with one attached hydrogen (secondary N) is 1. The summed E-state index contributed by atoms with van der Waals surface area (Å²) in [6.45, 7) is 7.08. The quantitative estimate of drug-likeness (QED) is 0.755. The summed E-state index contributed by atoms with van der Waals surface area (Å²) in [6.07, 6.45) is 0. The highest BCUT2D eigenvalue weighted by atomic mass is 35.5. The Balaban J connectivity index is 2.59. The summed E-state index contributed by atoms with van der Waals surface area (Å²) >= 11 is 6.04. The second-order valence-electron chi connectivity index (χ2n) is 4.60. The lowest BCUT2D eigenvalue weighted by molar-refractivity contribution is 0.198. The minimum Gasteiger partial charge on any atom is -0.383 e. The van der Waals surface area contributed by atoms with E-state index in [1.807, 2.05) is 12.1 Å². The van der Waals surface area contributed by atoms with Crippen molar-refractivity contribution in [2.75, 3.05) is 26.8 Å². The van der Waals surface area contributed by atoms with Gasteiger partial charge < -0.3 is 10.1 Å². The molecule has 1 aromatic rings. The van der Waals surface area contributed by atoms with E-state index in [9.17, 15) is 0 Å². The van der Waals surface area contributed by atoms with Gasteiger partial charge in [-0.25, -0.2) is 0 Å².